The summed E-state index contributed by atoms with van der Waals surface area (Å²) in [5.41, 5.74) is 2.20. The topological polar surface area (TPSA) is 125 Å². The van der Waals surface area contributed by atoms with Crippen LogP contribution in [0.1, 0.15) is 41.3 Å². The first-order valence-corrected chi connectivity index (χ1v) is 12.4. The van der Waals surface area contributed by atoms with E-state index < -0.39 is 6.04 Å². The van der Waals surface area contributed by atoms with Crippen LogP contribution in [-0.2, 0) is 30.3 Å². The van der Waals surface area contributed by atoms with Crippen LogP contribution in [0.3, 0.4) is 0 Å². The molecule has 2 aliphatic rings. The second-order valence-electron chi connectivity index (χ2n) is 8.61. The van der Waals surface area contributed by atoms with E-state index in [0.717, 1.165) is 11.1 Å². The van der Waals surface area contributed by atoms with Gasteiger partial charge in [0.25, 0.3) is 0 Å². The molecule has 1 atom stereocenters. The first kappa shape index (κ1) is 28.6. The van der Waals surface area contributed by atoms with Gasteiger partial charge < -0.3 is 14.2 Å². The number of rotatable bonds is 15. The number of ether oxygens (including phenoxy) is 5. The van der Waals surface area contributed by atoms with Crippen LogP contribution in [0.5, 0.6) is 11.5 Å². The number of hydrogen-bond donors (Lipinski definition) is 2. The minimum atomic E-state index is -0.402. The Balaban J connectivity index is 1.48. The Morgan fingerprint density at radius 1 is 1.14 bits per heavy atom. The molecule has 1 aromatic rings. The molecule has 11 nitrogen and oxygen atoms in total. The number of carbonyl (C=O) groups excluding carboxylic acids is 3. The first-order chi connectivity index (χ1) is 17.9. The predicted octanol–water partition coefficient (Wildman–Crippen LogP) is 0.101. The van der Waals surface area contributed by atoms with Gasteiger partial charge in [0.1, 0.15) is 0 Å². The molecule has 1 saturated heterocycles. The van der Waals surface area contributed by atoms with Gasteiger partial charge in [0, 0.05) is 6.61 Å². The fourth-order valence-electron chi connectivity index (χ4n) is 4.26. The van der Waals surface area contributed by atoms with Crippen LogP contribution in [0.15, 0.2) is 6.07 Å². The fraction of sp³-hybridized carbons (Fsp3) is 0.600. The van der Waals surface area contributed by atoms with Gasteiger partial charge in [-0.15, -0.1) is 0 Å². The van der Waals surface area contributed by atoms with Crippen molar-refractivity contribution in [1.82, 2.24) is 15.5 Å². The third-order valence-electron chi connectivity index (χ3n) is 6.20. The predicted molar refractivity (Wildman–Crippen MR) is 136 cm³/mol. The molecule has 3 rings (SSSR count). The molecule has 1 fully saturated rings. The summed E-state index contributed by atoms with van der Waals surface area (Å²) in [4.78, 5) is 38.7. The summed E-state index contributed by atoms with van der Waals surface area (Å²) in [7, 11) is 7.51. The van der Waals surface area contributed by atoms with Crippen molar-refractivity contribution in [1.29, 1.82) is 0 Å². The summed E-state index contributed by atoms with van der Waals surface area (Å²) in [6.07, 6.45) is 0.741. The van der Waals surface area contributed by atoms with Crippen molar-refractivity contribution < 1.29 is 38.1 Å². The molecule has 0 spiro atoms. The van der Waals surface area contributed by atoms with Gasteiger partial charge in [0.2, 0.25) is 0 Å². The third kappa shape index (κ3) is 7.53. The molecule has 3 amide bonds. The second kappa shape index (κ2) is 14.1. The number of benzene rings is 1. The summed E-state index contributed by atoms with van der Waals surface area (Å²) in [6.45, 7) is 7.20. The number of amides is 3. The molecule has 1 radical (unpaired) electrons. The molecule has 2 aliphatic heterocycles. The maximum atomic E-state index is 13.2. The summed E-state index contributed by atoms with van der Waals surface area (Å²) < 4.78 is 27.2. The third-order valence-corrected chi connectivity index (χ3v) is 6.20. The quantitative estimate of drug-likeness (QED) is 0.249. The van der Waals surface area contributed by atoms with Gasteiger partial charge in [0.15, 0.2) is 0 Å². The summed E-state index contributed by atoms with van der Waals surface area (Å²) in [6, 6.07) is 1.22. The van der Waals surface area contributed by atoms with Crippen molar-refractivity contribution in [2.75, 3.05) is 59.9 Å². The van der Waals surface area contributed by atoms with Crippen molar-refractivity contribution in [3.8, 4) is 11.5 Å². The van der Waals surface area contributed by atoms with Crippen LogP contribution in [0.2, 0.25) is 0 Å². The number of hydrogen-bond acceptors (Lipinski definition) is 8. The Kier molecular flexibility index (Phi) is 10.9. The number of nitrogens with one attached hydrogen (secondary N) is 2. The molecule has 1 aromatic carbocycles. The number of nitrogens with zero attached hydrogens (tertiary/aromatic N) is 1. The molecular formula is C25H35BN3O8. The van der Waals surface area contributed by atoms with Crippen LogP contribution in [0.25, 0.3) is 0 Å². The average molecular weight is 516 g/mol. The van der Waals surface area contributed by atoms with E-state index in [4.69, 9.17) is 31.2 Å². The van der Waals surface area contributed by atoms with Crippen molar-refractivity contribution >= 4 is 30.8 Å². The van der Waals surface area contributed by atoms with Gasteiger partial charge in [-0.2, -0.15) is 0 Å². The van der Waals surface area contributed by atoms with E-state index in [9.17, 15) is 14.4 Å². The van der Waals surface area contributed by atoms with Crippen LogP contribution < -0.4 is 20.1 Å². The zero-order chi connectivity index (χ0) is 26.8. The molecule has 0 aromatic heterocycles. The van der Waals surface area contributed by atoms with E-state index in [2.05, 4.69) is 10.6 Å². The number of methoxy groups -OCH3 is 1. The monoisotopic (exact) mass is 516 g/mol. The Bertz CT molecular complexity index is 1000. The molecule has 0 saturated carbocycles. The standard InChI is InChI=1S/C25H35BN3O8/c1-4-34-9-10-36-12-11-35-8-7-27-22(31)15-37-19-13-20(33-3)23-17(16(19)2)14-29(25(23)32)18-5-6-21(30)28-24(18)26/h13,18H,4-12,14-15H2,1-3H3,(H,27,31)(H,28,30). The molecule has 12 heteroatoms. The van der Waals surface area contributed by atoms with Gasteiger partial charge in [-0.3, -0.25) is 0 Å². The van der Waals surface area contributed by atoms with E-state index in [-0.39, 0.29) is 29.9 Å². The van der Waals surface area contributed by atoms with Crippen LogP contribution in [0.4, 0.5) is 0 Å². The number of carbonyl (C=O) groups is 3. The van der Waals surface area contributed by atoms with Crippen LogP contribution in [-0.4, -0.2) is 102 Å². The van der Waals surface area contributed by atoms with Gasteiger partial charge in [-0.05, 0) is 6.92 Å². The molecule has 0 bridgehead atoms. The van der Waals surface area contributed by atoms with E-state index in [1.165, 1.54) is 7.11 Å². The Morgan fingerprint density at radius 2 is 1.84 bits per heavy atom. The Labute approximate surface area is 218 Å². The van der Waals surface area contributed by atoms with Crippen molar-refractivity contribution in [3.63, 3.8) is 0 Å². The fourth-order valence-corrected chi connectivity index (χ4v) is 4.26. The summed E-state index contributed by atoms with van der Waals surface area (Å²) in [5, 5.41) is 5.37. The molecule has 2 N–H and O–H groups in total. The molecular weight excluding hydrogens is 481 g/mol. The zero-order valence-corrected chi connectivity index (χ0v) is 21.7. The SMILES string of the molecule is [B]=C1NC(=O)CCC1N1Cc2c(C)c(OCC(=O)NCCOCCOCCOCC)cc(OC)c2C1=O. The van der Waals surface area contributed by atoms with E-state index in [1.54, 1.807) is 11.0 Å². The average Bonchev–Trinajstić information content (AvgIpc) is 3.22. The second-order valence-corrected chi connectivity index (χ2v) is 8.61. The van der Waals surface area contributed by atoms with Gasteiger partial charge in [0.05, 0.1) is 33.0 Å². The summed E-state index contributed by atoms with van der Waals surface area (Å²) in [5.74, 6) is 0.139. The van der Waals surface area contributed by atoms with E-state index in [1.807, 2.05) is 13.8 Å². The first-order valence-electron chi connectivity index (χ1n) is 12.4. The van der Waals surface area contributed by atoms with Crippen molar-refractivity contribution in [3.05, 3.63) is 22.8 Å². The van der Waals surface area contributed by atoms with Gasteiger partial charge in [-0.25, -0.2) is 0 Å². The van der Waals surface area contributed by atoms with Crippen LogP contribution >= 0.6 is 0 Å². The molecule has 2 heterocycles. The normalized spacial score (nSPS) is 17.0. The maximum absolute atomic E-state index is 13.2. The molecule has 37 heavy (non-hydrogen) atoms. The van der Waals surface area contributed by atoms with E-state index >= 15 is 0 Å². The number of fused-ring (bicyclic) bond motifs is 1. The number of piperidine rings is 1. The van der Waals surface area contributed by atoms with Gasteiger partial charge >= 0.3 is 157 Å². The Morgan fingerprint density at radius 3 is 2.51 bits per heavy atom. The molecule has 201 valence electrons. The van der Waals surface area contributed by atoms with Crippen molar-refractivity contribution in [2.24, 2.45) is 0 Å². The van der Waals surface area contributed by atoms with Gasteiger partial charge in [-0.1, -0.05) is 0 Å². The molecule has 1 unspecified atom stereocenters. The zero-order valence-electron chi connectivity index (χ0n) is 21.7. The minimum absolute atomic E-state index is 0.158. The van der Waals surface area contributed by atoms with Crippen LogP contribution in [0, 0.1) is 6.92 Å². The Hall–Kier alpha value is -2.96. The molecule has 0 aliphatic carbocycles. The summed E-state index contributed by atoms with van der Waals surface area (Å²) >= 11 is 0. The van der Waals surface area contributed by atoms with Crippen molar-refractivity contribution in [2.45, 2.75) is 39.3 Å². The van der Waals surface area contributed by atoms with E-state index in [0.29, 0.717) is 82.6 Å².